The Balaban J connectivity index is 1.90. The molecule has 0 bridgehead atoms. The number of nitro groups is 1. The number of hydrogen-bond donors (Lipinski definition) is 0. The zero-order chi connectivity index (χ0) is 18.3. The Morgan fingerprint density at radius 3 is 2.24 bits per heavy atom. The third-order valence-electron chi connectivity index (χ3n) is 5.06. The summed E-state index contributed by atoms with van der Waals surface area (Å²) >= 11 is 3.22. The van der Waals surface area contributed by atoms with Crippen molar-refractivity contribution in [3.63, 3.8) is 0 Å². The van der Waals surface area contributed by atoms with Gasteiger partial charge in [-0.25, -0.2) is 4.98 Å². The summed E-state index contributed by atoms with van der Waals surface area (Å²) in [7, 11) is 0. The van der Waals surface area contributed by atoms with Gasteiger partial charge in [0.2, 0.25) is 0 Å². The number of fused-ring (bicyclic) bond motifs is 1. The van der Waals surface area contributed by atoms with Gasteiger partial charge in [0.05, 0.1) is 15.1 Å². The first-order valence-electron chi connectivity index (χ1n) is 8.03. The van der Waals surface area contributed by atoms with Crippen molar-refractivity contribution in [2.45, 2.75) is 44.7 Å². The number of nitro benzene ring substituents is 1. The molecule has 0 atom stereocenters. The van der Waals surface area contributed by atoms with Gasteiger partial charge in [0.1, 0.15) is 0 Å². The number of non-ortho nitro benzene ring substituents is 1. The molecule has 0 amide bonds. The smallest absolute Gasteiger partial charge is 0.258 e. The molecule has 3 rings (SSSR count). The molecule has 0 aliphatic carbocycles. The molecule has 0 N–H and O–H groups in total. The first-order valence-corrected chi connectivity index (χ1v) is 9.83. The Kier molecular flexibility index (Phi) is 4.84. The van der Waals surface area contributed by atoms with Crippen molar-refractivity contribution in [2.24, 2.45) is 0 Å². The minimum Gasteiger partial charge on any atom is -0.258 e. The number of aromatic nitrogens is 1. The molecule has 0 radical (unpaired) electrons. The fourth-order valence-electron chi connectivity index (χ4n) is 3.00. The Morgan fingerprint density at radius 1 is 1.04 bits per heavy atom. The van der Waals surface area contributed by atoms with E-state index < -0.39 is 0 Å². The number of thioether (sulfide) groups is 1. The monoisotopic (exact) mass is 372 g/mol. The SMILES string of the molecule is Cc1c(C)c(C)c(CSc2nc3ccc([N+](=O)[O-])cc3s2)c(C)c1C. The molecule has 25 heavy (non-hydrogen) atoms. The van der Waals surface area contributed by atoms with Crippen LogP contribution in [0.25, 0.3) is 10.2 Å². The summed E-state index contributed by atoms with van der Waals surface area (Å²) in [5.41, 5.74) is 9.10. The van der Waals surface area contributed by atoms with Crippen molar-refractivity contribution in [2.75, 3.05) is 0 Å². The van der Waals surface area contributed by atoms with Crippen molar-refractivity contribution in [3.8, 4) is 0 Å². The highest BCUT2D eigenvalue weighted by Gasteiger charge is 2.14. The molecule has 1 heterocycles. The van der Waals surface area contributed by atoms with Crippen LogP contribution >= 0.6 is 23.1 Å². The van der Waals surface area contributed by atoms with Gasteiger partial charge in [-0.1, -0.05) is 11.8 Å². The topological polar surface area (TPSA) is 56.0 Å². The fourth-order valence-corrected chi connectivity index (χ4v) is 5.27. The Morgan fingerprint density at radius 2 is 1.64 bits per heavy atom. The van der Waals surface area contributed by atoms with E-state index in [0.29, 0.717) is 0 Å². The highest BCUT2D eigenvalue weighted by atomic mass is 32.2. The molecule has 0 unspecified atom stereocenters. The second-order valence-corrected chi connectivity index (χ2v) is 8.53. The summed E-state index contributed by atoms with van der Waals surface area (Å²) in [4.78, 5) is 15.2. The lowest BCUT2D eigenvalue weighted by Crippen LogP contribution is -2.01. The average molecular weight is 373 g/mol. The van der Waals surface area contributed by atoms with E-state index in [4.69, 9.17) is 0 Å². The van der Waals surface area contributed by atoms with E-state index in [1.807, 2.05) is 0 Å². The van der Waals surface area contributed by atoms with Gasteiger partial charge >= 0.3 is 0 Å². The first kappa shape index (κ1) is 17.9. The van der Waals surface area contributed by atoms with Crippen LogP contribution in [0.2, 0.25) is 0 Å². The Hall–Kier alpha value is -1.92. The van der Waals surface area contributed by atoms with Gasteiger partial charge in [-0.2, -0.15) is 0 Å². The van der Waals surface area contributed by atoms with Crippen molar-refractivity contribution in [1.29, 1.82) is 0 Å². The predicted molar refractivity (Wildman–Crippen MR) is 106 cm³/mol. The molecule has 6 heteroatoms. The van der Waals surface area contributed by atoms with E-state index in [0.717, 1.165) is 20.3 Å². The van der Waals surface area contributed by atoms with Gasteiger partial charge in [0.15, 0.2) is 4.34 Å². The summed E-state index contributed by atoms with van der Waals surface area (Å²) in [5.74, 6) is 0.863. The third kappa shape index (κ3) is 3.28. The van der Waals surface area contributed by atoms with Crippen LogP contribution in [0, 0.1) is 44.7 Å². The maximum absolute atomic E-state index is 10.9. The molecule has 1 aromatic heterocycles. The lowest BCUT2D eigenvalue weighted by Gasteiger charge is -2.18. The lowest BCUT2D eigenvalue weighted by atomic mass is 9.90. The standard InChI is InChI=1S/C19H20N2O2S2/c1-10-11(2)13(4)16(14(5)12(10)3)9-24-19-20-17-7-6-15(21(22)23)8-18(17)25-19/h6-8H,9H2,1-5H3. The average Bonchev–Trinajstić information content (AvgIpc) is 3.00. The van der Waals surface area contributed by atoms with Crippen LogP contribution in [0.5, 0.6) is 0 Å². The molecule has 0 spiro atoms. The zero-order valence-corrected chi connectivity index (χ0v) is 16.6. The van der Waals surface area contributed by atoms with Crippen LogP contribution < -0.4 is 0 Å². The number of benzene rings is 2. The number of thiazole rings is 1. The molecule has 0 saturated carbocycles. The van der Waals surface area contributed by atoms with Crippen molar-refractivity contribution < 1.29 is 4.92 Å². The quantitative estimate of drug-likeness (QED) is 0.318. The molecule has 130 valence electrons. The Bertz CT molecular complexity index is 964. The van der Waals surface area contributed by atoms with E-state index >= 15 is 0 Å². The molecule has 0 aliphatic rings. The second-order valence-electron chi connectivity index (χ2n) is 6.28. The summed E-state index contributed by atoms with van der Waals surface area (Å²) in [6, 6.07) is 4.84. The minimum absolute atomic E-state index is 0.115. The summed E-state index contributed by atoms with van der Waals surface area (Å²) in [5, 5.41) is 10.9. The largest absolute Gasteiger partial charge is 0.270 e. The van der Waals surface area contributed by atoms with Crippen LogP contribution in [0.4, 0.5) is 5.69 Å². The van der Waals surface area contributed by atoms with Gasteiger partial charge in [-0.05, 0) is 74.1 Å². The van der Waals surface area contributed by atoms with Crippen LogP contribution in [-0.4, -0.2) is 9.91 Å². The number of nitrogens with zero attached hydrogens (tertiary/aromatic N) is 2. The summed E-state index contributed by atoms with van der Waals surface area (Å²) < 4.78 is 1.81. The van der Waals surface area contributed by atoms with E-state index in [1.165, 1.54) is 50.8 Å². The lowest BCUT2D eigenvalue weighted by molar-refractivity contribution is -0.384. The molecule has 2 aromatic carbocycles. The predicted octanol–water partition coefficient (Wildman–Crippen LogP) is 6.04. The third-order valence-corrected chi connectivity index (χ3v) is 7.25. The van der Waals surface area contributed by atoms with Gasteiger partial charge < -0.3 is 0 Å². The van der Waals surface area contributed by atoms with E-state index in [1.54, 1.807) is 23.9 Å². The van der Waals surface area contributed by atoms with Crippen LogP contribution in [0.3, 0.4) is 0 Å². The van der Waals surface area contributed by atoms with Crippen molar-refractivity contribution in [3.05, 3.63) is 61.7 Å². The molecule has 0 saturated heterocycles. The van der Waals surface area contributed by atoms with Gasteiger partial charge in [0.25, 0.3) is 5.69 Å². The van der Waals surface area contributed by atoms with Crippen LogP contribution in [-0.2, 0) is 5.75 Å². The molecule has 0 aliphatic heterocycles. The molecule has 0 fully saturated rings. The van der Waals surface area contributed by atoms with Crippen molar-refractivity contribution >= 4 is 39.0 Å². The molecule has 4 nitrogen and oxygen atoms in total. The maximum Gasteiger partial charge on any atom is 0.270 e. The zero-order valence-electron chi connectivity index (χ0n) is 15.0. The van der Waals surface area contributed by atoms with Crippen LogP contribution in [0.1, 0.15) is 33.4 Å². The molecular formula is C19H20N2O2S2. The maximum atomic E-state index is 10.9. The summed E-state index contributed by atoms with van der Waals surface area (Å²) in [6.45, 7) is 10.9. The van der Waals surface area contributed by atoms with E-state index in [2.05, 4.69) is 39.6 Å². The van der Waals surface area contributed by atoms with Crippen molar-refractivity contribution in [1.82, 2.24) is 4.98 Å². The van der Waals surface area contributed by atoms with E-state index in [-0.39, 0.29) is 10.6 Å². The normalized spacial score (nSPS) is 11.2. The minimum atomic E-state index is -0.365. The van der Waals surface area contributed by atoms with E-state index in [9.17, 15) is 10.1 Å². The Labute approximate surface area is 155 Å². The first-order chi connectivity index (χ1) is 11.8. The number of rotatable bonds is 4. The van der Waals surface area contributed by atoms with Gasteiger partial charge in [-0.15, -0.1) is 11.3 Å². The number of hydrogen-bond acceptors (Lipinski definition) is 5. The van der Waals surface area contributed by atoms with Gasteiger partial charge in [-0.3, -0.25) is 10.1 Å². The highest BCUT2D eigenvalue weighted by molar-refractivity contribution is 8.00. The molecule has 3 aromatic rings. The second kappa shape index (κ2) is 6.77. The van der Waals surface area contributed by atoms with Gasteiger partial charge in [0, 0.05) is 17.9 Å². The van der Waals surface area contributed by atoms with Crippen LogP contribution in [0.15, 0.2) is 22.5 Å². The summed E-state index contributed by atoms with van der Waals surface area (Å²) in [6.07, 6.45) is 0. The molecular weight excluding hydrogens is 352 g/mol. The highest BCUT2D eigenvalue weighted by Crippen LogP contribution is 2.36. The fraction of sp³-hybridized carbons (Fsp3) is 0.316.